The molecule has 200 valence electrons. The van der Waals surface area contributed by atoms with Gasteiger partial charge in [0.25, 0.3) is 5.91 Å². The average Bonchev–Trinajstić information content (AvgIpc) is 3.08. The van der Waals surface area contributed by atoms with E-state index in [1.165, 1.54) is 0 Å². The summed E-state index contributed by atoms with van der Waals surface area (Å²) in [6, 6.07) is 21.2. The van der Waals surface area contributed by atoms with Gasteiger partial charge in [-0.25, -0.2) is 0 Å². The Kier molecular flexibility index (Phi) is 8.89. The van der Waals surface area contributed by atoms with Gasteiger partial charge in [-0.1, -0.05) is 50.2 Å². The Balaban J connectivity index is 1.52. The van der Waals surface area contributed by atoms with E-state index >= 15 is 0 Å². The average molecular weight is 517 g/mol. The van der Waals surface area contributed by atoms with Gasteiger partial charge in [0.2, 0.25) is 5.91 Å². The number of ether oxygens (including phenoxy) is 3. The standard InChI is InChI=1S/C31H36N2O5/c1-5-25(22-10-8-7-9-11-22)30(34)32-24-13-15-27-23(19-24)20-33(31(35)26(6-2)38-27)17-16-21-12-14-28(36-3)29(18-21)37-4/h7-15,18-19,25-26H,5-6,16-17,20H2,1-4H3,(H,32,34). The minimum absolute atomic E-state index is 0.0371. The van der Waals surface area contributed by atoms with Crippen molar-refractivity contribution in [1.82, 2.24) is 4.90 Å². The van der Waals surface area contributed by atoms with Gasteiger partial charge in [0.1, 0.15) is 5.75 Å². The summed E-state index contributed by atoms with van der Waals surface area (Å²) in [5.74, 6) is 1.67. The molecule has 2 amide bonds. The van der Waals surface area contributed by atoms with Gasteiger partial charge in [0.15, 0.2) is 17.6 Å². The van der Waals surface area contributed by atoms with Crippen LogP contribution in [0.4, 0.5) is 5.69 Å². The second-order valence-electron chi connectivity index (χ2n) is 9.40. The molecule has 2 atom stereocenters. The van der Waals surface area contributed by atoms with E-state index in [1.807, 2.05) is 85.5 Å². The highest BCUT2D eigenvalue weighted by atomic mass is 16.5. The molecule has 7 nitrogen and oxygen atoms in total. The Morgan fingerprint density at radius 2 is 1.79 bits per heavy atom. The van der Waals surface area contributed by atoms with Crippen molar-refractivity contribution in [2.45, 2.75) is 51.7 Å². The Bertz CT molecular complexity index is 1260. The molecule has 2 unspecified atom stereocenters. The quantitative estimate of drug-likeness (QED) is 0.381. The highest BCUT2D eigenvalue weighted by molar-refractivity contribution is 5.96. The van der Waals surface area contributed by atoms with Crippen LogP contribution in [-0.4, -0.2) is 43.6 Å². The lowest BCUT2D eigenvalue weighted by Crippen LogP contribution is -2.40. The van der Waals surface area contributed by atoms with E-state index in [0.717, 1.165) is 16.7 Å². The van der Waals surface area contributed by atoms with Crippen LogP contribution in [0.5, 0.6) is 17.2 Å². The fourth-order valence-electron chi connectivity index (χ4n) is 4.82. The number of nitrogens with one attached hydrogen (secondary N) is 1. The zero-order valence-corrected chi connectivity index (χ0v) is 22.5. The van der Waals surface area contributed by atoms with Gasteiger partial charge in [-0.15, -0.1) is 0 Å². The van der Waals surface area contributed by atoms with Crippen molar-refractivity contribution >= 4 is 17.5 Å². The molecule has 4 rings (SSSR count). The van der Waals surface area contributed by atoms with Crippen molar-refractivity contribution in [1.29, 1.82) is 0 Å². The van der Waals surface area contributed by atoms with Crippen molar-refractivity contribution < 1.29 is 23.8 Å². The maximum Gasteiger partial charge on any atom is 0.263 e. The van der Waals surface area contributed by atoms with E-state index in [1.54, 1.807) is 14.2 Å². The van der Waals surface area contributed by atoms with Gasteiger partial charge in [0, 0.05) is 24.3 Å². The first-order valence-electron chi connectivity index (χ1n) is 13.1. The van der Waals surface area contributed by atoms with E-state index in [-0.39, 0.29) is 17.7 Å². The van der Waals surface area contributed by atoms with E-state index < -0.39 is 6.10 Å². The fourth-order valence-corrected chi connectivity index (χ4v) is 4.82. The van der Waals surface area contributed by atoms with E-state index in [9.17, 15) is 9.59 Å². The lowest BCUT2D eigenvalue weighted by atomic mass is 9.95. The topological polar surface area (TPSA) is 77.1 Å². The molecule has 0 spiro atoms. The Labute approximate surface area is 224 Å². The third kappa shape index (κ3) is 6.10. The Hall–Kier alpha value is -4.00. The number of methoxy groups -OCH3 is 2. The predicted molar refractivity (Wildman–Crippen MR) is 148 cm³/mol. The van der Waals surface area contributed by atoms with Crippen LogP contribution in [0.15, 0.2) is 66.7 Å². The van der Waals surface area contributed by atoms with Crippen molar-refractivity contribution in [3.63, 3.8) is 0 Å². The highest BCUT2D eigenvalue weighted by Gasteiger charge is 2.30. The van der Waals surface area contributed by atoms with Crippen LogP contribution >= 0.6 is 0 Å². The maximum atomic E-state index is 13.3. The lowest BCUT2D eigenvalue weighted by molar-refractivity contribution is -0.138. The number of hydrogen-bond donors (Lipinski definition) is 1. The van der Waals surface area contributed by atoms with Crippen molar-refractivity contribution in [3.05, 3.63) is 83.4 Å². The molecule has 0 saturated carbocycles. The zero-order valence-electron chi connectivity index (χ0n) is 22.5. The number of anilines is 1. The monoisotopic (exact) mass is 516 g/mol. The lowest BCUT2D eigenvalue weighted by Gasteiger charge is -2.23. The number of rotatable bonds is 10. The van der Waals surface area contributed by atoms with Gasteiger partial charge >= 0.3 is 0 Å². The van der Waals surface area contributed by atoms with Crippen molar-refractivity contribution in [2.75, 3.05) is 26.1 Å². The molecule has 3 aromatic rings. The molecule has 1 heterocycles. The minimum atomic E-state index is -0.551. The number of hydrogen-bond acceptors (Lipinski definition) is 5. The molecular weight excluding hydrogens is 480 g/mol. The van der Waals surface area contributed by atoms with Crippen LogP contribution in [0.3, 0.4) is 0 Å². The molecular formula is C31H36N2O5. The number of nitrogens with zero attached hydrogens (tertiary/aromatic N) is 1. The zero-order chi connectivity index (χ0) is 27.1. The number of amides is 2. The summed E-state index contributed by atoms with van der Waals surface area (Å²) in [4.78, 5) is 28.3. The van der Waals surface area contributed by atoms with Crippen LogP contribution in [0, 0.1) is 0 Å². The molecule has 0 aromatic heterocycles. The van der Waals surface area contributed by atoms with E-state index in [2.05, 4.69) is 5.32 Å². The van der Waals surface area contributed by atoms with Crippen LogP contribution < -0.4 is 19.5 Å². The third-order valence-corrected chi connectivity index (χ3v) is 6.96. The van der Waals surface area contributed by atoms with Crippen LogP contribution in [-0.2, 0) is 22.6 Å². The number of benzene rings is 3. The molecule has 3 aromatic carbocycles. The van der Waals surface area contributed by atoms with Crippen LogP contribution in [0.1, 0.15) is 49.3 Å². The van der Waals surface area contributed by atoms with Gasteiger partial charge in [-0.2, -0.15) is 0 Å². The number of carbonyl (C=O) groups is 2. The maximum absolute atomic E-state index is 13.3. The Morgan fingerprint density at radius 1 is 1.03 bits per heavy atom. The number of fused-ring (bicyclic) bond motifs is 1. The minimum Gasteiger partial charge on any atom is -0.493 e. The molecule has 1 aliphatic rings. The summed E-state index contributed by atoms with van der Waals surface area (Å²) in [5, 5.41) is 3.07. The highest BCUT2D eigenvalue weighted by Crippen LogP contribution is 2.31. The first-order valence-corrected chi connectivity index (χ1v) is 13.1. The van der Waals surface area contributed by atoms with E-state index in [4.69, 9.17) is 14.2 Å². The summed E-state index contributed by atoms with van der Waals surface area (Å²) in [6.07, 6.45) is 1.37. The molecule has 38 heavy (non-hydrogen) atoms. The molecule has 1 N–H and O–H groups in total. The van der Waals surface area contributed by atoms with Crippen molar-refractivity contribution in [2.24, 2.45) is 0 Å². The molecule has 0 radical (unpaired) electrons. The van der Waals surface area contributed by atoms with Gasteiger partial charge in [0.05, 0.1) is 20.1 Å². The van der Waals surface area contributed by atoms with Gasteiger partial charge in [-0.05, 0) is 60.7 Å². The van der Waals surface area contributed by atoms with Crippen LogP contribution in [0.25, 0.3) is 0 Å². The Morgan fingerprint density at radius 3 is 2.47 bits per heavy atom. The first kappa shape index (κ1) is 27.0. The largest absolute Gasteiger partial charge is 0.493 e. The van der Waals surface area contributed by atoms with Crippen molar-refractivity contribution in [3.8, 4) is 17.2 Å². The molecule has 0 aliphatic carbocycles. The summed E-state index contributed by atoms with van der Waals surface area (Å²) in [5.41, 5.74) is 3.59. The predicted octanol–water partition coefficient (Wildman–Crippen LogP) is 5.58. The van der Waals surface area contributed by atoms with Gasteiger partial charge in [-0.3, -0.25) is 9.59 Å². The molecule has 0 fully saturated rings. The molecule has 7 heteroatoms. The second-order valence-corrected chi connectivity index (χ2v) is 9.40. The third-order valence-electron chi connectivity index (χ3n) is 6.96. The first-order chi connectivity index (χ1) is 18.5. The molecule has 1 aliphatic heterocycles. The second kappa shape index (κ2) is 12.5. The number of carbonyl (C=O) groups excluding carboxylic acids is 2. The van der Waals surface area contributed by atoms with E-state index in [0.29, 0.717) is 55.3 Å². The molecule has 0 bridgehead atoms. The fraction of sp³-hybridized carbons (Fsp3) is 0.355. The van der Waals surface area contributed by atoms with Crippen LogP contribution in [0.2, 0.25) is 0 Å². The van der Waals surface area contributed by atoms with Gasteiger partial charge < -0.3 is 24.4 Å². The summed E-state index contributed by atoms with van der Waals surface area (Å²) >= 11 is 0. The molecule has 0 saturated heterocycles. The summed E-state index contributed by atoms with van der Waals surface area (Å²) < 4.78 is 16.9. The summed E-state index contributed by atoms with van der Waals surface area (Å²) in [6.45, 7) is 4.88. The smallest absolute Gasteiger partial charge is 0.263 e. The summed E-state index contributed by atoms with van der Waals surface area (Å²) in [7, 11) is 3.22. The normalized spacial score (nSPS) is 15.6. The SMILES string of the molecule is CCC1Oc2ccc(NC(=O)C(CC)c3ccccc3)cc2CN(CCc2ccc(OC)c(OC)c2)C1=O.